The summed E-state index contributed by atoms with van der Waals surface area (Å²) in [6.45, 7) is 16.5. The van der Waals surface area contributed by atoms with Crippen LogP contribution in [0.4, 0.5) is 0 Å². The number of carbonyl (C=O) groups is 4. The monoisotopic (exact) mass is 1860 g/mol. The van der Waals surface area contributed by atoms with Gasteiger partial charge in [0, 0.05) is 131 Å². The van der Waals surface area contributed by atoms with Crippen LogP contribution in [0.25, 0.3) is 0 Å². The van der Waals surface area contributed by atoms with Crippen LogP contribution >= 0.6 is 0 Å². The Balaban J connectivity index is 1.23. The van der Waals surface area contributed by atoms with E-state index in [4.69, 9.17) is 94.7 Å². The average molecular weight is 1860 g/mol. The molecular formula is C96H160O34. The van der Waals surface area contributed by atoms with E-state index in [-0.39, 0.29) is 126 Å². The van der Waals surface area contributed by atoms with Gasteiger partial charge in [0.1, 0.15) is 36.6 Å². The van der Waals surface area contributed by atoms with E-state index < -0.39 is 220 Å². The summed E-state index contributed by atoms with van der Waals surface area (Å²) in [5.74, 6) is -7.29. The minimum Gasteiger partial charge on any atom is -0.459 e. The quantitative estimate of drug-likeness (QED) is 0.0197. The maximum absolute atomic E-state index is 14.4. The second kappa shape index (κ2) is 57.5. The van der Waals surface area contributed by atoms with Gasteiger partial charge in [0.25, 0.3) is 0 Å². The third kappa shape index (κ3) is 35.7. The summed E-state index contributed by atoms with van der Waals surface area (Å²) in [5.41, 5.74) is 1.14. The number of methoxy groups -OCH3 is 8. The second-order valence-corrected chi connectivity index (χ2v) is 37.2. The zero-order valence-corrected chi connectivity index (χ0v) is 80.0. The summed E-state index contributed by atoms with van der Waals surface area (Å²) in [7, 11) is 12.1. The molecule has 0 unspecified atom stereocenters. The van der Waals surface area contributed by atoms with Crippen molar-refractivity contribution in [2.24, 2.45) is 35.5 Å². The van der Waals surface area contributed by atoms with Crippen molar-refractivity contribution < 1.29 is 165 Å². The molecule has 0 aromatic carbocycles. The number of ether oxygens (including phenoxy) is 20. The molecule has 38 atom stereocenters. The highest BCUT2D eigenvalue weighted by molar-refractivity contribution is 5.83. The molecule has 0 saturated carbocycles. The Morgan fingerprint density at radius 2 is 0.800 bits per heavy atom. The summed E-state index contributed by atoms with van der Waals surface area (Å²) in [5, 5.41) is 113. The Morgan fingerprint density at radius 3 is 1.14 bits per heavy atom. The van der Waals surface area contributed by atoms with E-state index in [1.54, 1.807) is 67.9 Å². The molecule has 0 amide bonds. The van der Waals surface area contributed by atoms with Crippen molar-refractivity contribution in [1.29, 1.82) is 0 Å². The van der Waals surface area contributed by atoms with Gasteiger partial charge in [-0.05, 0) is 129 Å². The van der Waals surface area contributed by atoms with Crippen LogP contribution in [0.15, 0.2) is 71.9 Å². The number of aliphatic hydroxyl groups is 10. The lowest BCUT2D eigenvalue weighted by Crippen LogP contribution is -2.58. The highest BCUT2D eigenvalue weighted by atomic mass is 16.7. The standard InChI is InChI=1S/C96H160O34/c1-53-25-31-71(125-95-91(129-93(109)77(103)49-97)89(117-17)83(115-15)51-119-95)43-65-21-19-23-67(123-65)47-79(113-13)60(8)76(102)40-64(100)42-82(62(10)88(108)56(4)30-34-70-46-74(112-12)38-58(6)122-70)128-86(106)36-28-54(2)26-32-72(126-96-92(130-94(110)78(104)50-98)90(118-18)84(116-16)52-120-96)44-66-22-20-24-68(124-66)48-80(114-14)59(7)75(101)39-63(99)41-81(127-85(105)35-27-53)61(9)87(107)55(3)29-33-69-45-73(111-11)37-57(5)121-69/h19-22,25-28,35-36,55-84,87-92,95-104,107-108H,23-24,29-34,37-52H2,1-18H3/b35-27-,36-28-,53-25-,54-26-/t55-,56-,57-,58-,59-,60-,61+,62+,63+,64+,65-,66-,67-,68-,69-,70-,71-,72-,73+,74+,75-,76-,77+,78+,79-,80-,81-,82-,83-,84-,87-,88-,89+,90+,91-,92-,95+,96+/m0/s1. The molecule has 0 aliphatic carbocycles. The molecule has 130 heavy (non-hydrogen) atoms. The van der Waals surface area contributed by atoms with Crippen molar-refractivity contribution in [3.05, 3.63) is 71.9 Å². The minimum atomic E-state index is -1.90. The number of hydrogen-bond donors (Lipinski definition) is 10. The van der Waals surface area contributed by atoms with Crippen molar-refractivity contribution in [2.75, 3.05) is 83.3 Å². The topological polar surface area (TPSA) is 455 Å². The molecule has 34 heteroatoms. The van der Waals surface area contributed by atoms with E-state index >= 15 is 0 Å². The van der Waals surface area contributed by atoms with Crippen LogP contribution in [0.5, 0.6) is 0 Å². The van der Waals surface area contributed by atoms with Crippen LogP contribution in [0.3, 0.4) is 0 Å². The number of allylic oxidation sites excluding steroid dienone is 4. The predicted molar refractivity (Wildman–Crippen MR) is 475 cm³/mol. The van der Waals surface area contributed by atoms with Gasteiger partial charge in [0.15, 0.2) is 37.0 Å². The Morgan fingerprint density at radius 1 is 0.431 bits per heavy atom. The minimum absolute atomic E-state index is 0.0170. The van der Waals surface area contributed by atoms with Gasteiger partial charge >= 0.3 is 23.9 Å². The second-order valence-electron chi connectivity index (χ2n) is 37.2. The SMILES string of the molecule is CO[C@H]1C[C@H](CC[C@H](C)[C@H](O)[C@H](C)[C@@H]2C[C@H](O)C[C@H](O)[C@H](C)[C@@H](OC)C[C@@H]3CC=C[C@@H](C[C@@H](O[C@H]4OC[C@H](OC)[C@@H](OC)[C@@H]4OC(=O)[C@H](O)CO)C/C=C(C)\C=C/C(=O)O[C@H]([C@@H](C)[C@@H](O)[C@@H](C)CC[C@H]4C[C@H](OC)C[C@H](C)O4)C[C@H](O)C[C@H](O)[C@H](C)[C@@H](OC)C[C@@H]4CC=C[C@@H](C[C@@H](O[C@H]5OC[C@H](OC)[C@@H](OC)[C@@H]5OC(=O)[C@H](O)CO)C/C=C(C)\C=C/C(=O)O2)O4)O3)O[C@@H](C)C1. The van der Waals surface area contributed by atoms with Crippen molar-refractivity contribution in [2.45, 2.75) is 393 Å². The molecule has 0 radical (unpaired) electrons. The first-order chi connectivity index (χ1) is 62.0. The van der Waals surface area contributed by atoms with E-state index in [9.17, 15) is 70.2 Å². The van der Waals surface area contributed by atoms with Gasteiger partial charge in [0.2, 0.25) is 0 Å². The highest BCUT2D eigenvalue weighted by Gasteiger charge is 2.49. The summed E-state index contributed by atoms with van der Waals surface area (Å²) in [4.78, 5) is 55.3. The zero-order chi connectivity index (χ0) is 95.6. The number of rotatable bonds is 30. The Labute approximate surface area is 769 Å². The fraction of sp³-hybridized carbons (Fsp3) is 0.833. The highest BCUT2D eigenvalue weighted by Crippen LogP contribution is 2.38. The zero-order valence-electron chi connectivity index (χ0n) is 80.0. The van der Waals surface area contributed by atoms with E-state index in [2.05, 4.69) is 0 Å². The number of aliphatic hydroxyl groups excluding tert-OH is 10. The summed E-state index contributed by atoms with van der Waals surface area (Å²) < 4.78 is 123. The first-order valence-corrected chi connectivity index (χ1v) is 46.9. The maximum Gasteiger partial charge on any atom is 0.337 e. The fourth-order valence-electron chi connectivity index (χ4n) is 18.8. The molecule has 4 fully saturated rings. The molecule has 0 spiro atoms. The first-order valence-electron chi connectivity index (χ1n) is 46.9. The molecule has 4 bridgehead atoms. The van der Waals surface area contributed by atoms with Gasteiger partial charge in [-0.3, -0.25) is 0 Å². The summed E-state index contributed by atoms with van der Waals surface area (Å²) >= 11 is 0. The van der Waals surface area contributed by atoms with Crippen molar-refractivity contribution in [3.8, 4) is 0 Å². The molecule has 7 aliphatic rings. The molecular weight excluding hydrogens is 1700 g/mol. The van der Waals surface area contributed by atoms with E-state index in [1.165, 1.54) is 54.8 Å². The van der Waals surface area contributed by atoms with Gasteiger partial charge < -0.3 is 146 Å². The fourth-order valence-corrected chi connectivity index (χ4v) is 18.8. The van der Waals surface area contributed by atoms with E-state index in [1.807, 2.05) is 64.2 Å². The Hall–Kier alpha value is -4.72. The third-order valence-electron chi connectivity index (χ3n) is 27.2. The molecule has 0 aromatic rings. The molecule has 4 saturated heterocycles. The molecule has 34 nitrogen and oxygen atoms in total. The van der Waals surface area contributed by atoms with Crippen molar-refractivity contribution in [3.63, 3.8) is 0 Å². The van der Waals surface area contributed by atoms with E-state index in [0.717, 1.165) is 12.8 Å². The largest absolute Gasteiger partial charge is 0.459 e. The van der Waals surface area contributed by atoms with Crippen LogP contribution in [0.1, 0.15) is 198 Å². The number of carbonyl (C=O) groups excluding carboxylic acids is 4. The number of hydrogen-bond acceptors (Lipinski definition) is 34. The lowest BCUT2D eigenvalue weighted by atomic mass is 9.83. The average Bonchev–Trinajstić information content (AvgIpc) is 0.816. The molecule has 7 heterocycles. The number of esters is 4. The van der Waals surface area contributed by atoms with Crippen LogP contribution < -0.4 is 0 Å². The van der Waals surface area contributed by atoms with Crippen LogP contribution in [0, 0.1) is 35.5 Å². The van der Waals surface area contributed by atoms with Gasteiger partial charge in [-0.2, -0.15) is 0 Å². The molecule has 10 N–H and O–H groups in total. The Bertz CT molecular complexity index is 3230. The van der Waals surface area contributed by atoms with Crippen molar-refractivity contribution in [1.82, 2.24) is 0 Å². The Kier molecular flexibility index (Phi) is 49.6. The van der Waals surface area contributed by atoms with Crippen LogP contribution in [0.2, 0.25) is 0 Å². The van der Waals surface area contributed by atoms with Crippen molar-refractivity contribution >= 4 is 23.9 Å². The van der Waals surface area contributed by atoms with Crippen LogP contribution in [-0.2, 0) is 114 Å². The predicted octanol–water partition coefficient (Wildman–Crippen LogP) is 6.97. The summed E-state index contributed by atoms with van der Waals surface area (Å²) in [6, 6.07) is 0. The van der Waals surface area contributed by atoms with E-state index in [0.29, 0.717) is 62.5 Å². The molecule has 0 aromatic heterocycles. The van der Waals surface area contributed by atoms with Gasteiger partial charge in [0.05, 0.1) is 149 Å². The smallest absolute Gasteiger partial charge is 0.337 e. The number of cyclic esters (lactones) is 2. The third-order valence-corrected chi connectivity index (χ3v) is 27.2. The molecule has 7 aliphatic heterocycles. The van der Waals surface area contributed by atoms with Gasteiger partial charge in [-0.15, -0.1) is 0 Å². The normalized spacial score (nSPS) is 39.1. The lowest BCUT2D eigenvalue weighted by Gasteiger charge is -2.42. The molecule has 7 rings (SSSR count). The first kappa shape index (κ1) is 112. The van der Waals surface area contributed by atoms with Gasteiger partial charge in [-0.1, -0.05) is 101 Å². The molecule has 748 valence electrons. The van der Waals surface area contributed by atoms with Gasteiger partial charge in [-0.25, -0.2) is 19.2 Å². The summed E-state index contributed by atoms with van der Waals surface area (Å²) in [6.07, 6.45) is -3.68. The van der Waals surface area contributed by atoms with Crippen LogP contribution in [-0.4, -0.2) is 354 Å². The number of fused-ring (bicyclic) bond motifs is 4. The maximum atomic E-state index is 14.4. The lowest BCUT2D eigenvalue weighted by molar-refractivity contribution is -0.296.